The molecule has 1 aliphatic heterocycles. The van der Waals surface area contributed by atoms with Crippen LogP contribution in [0.3, 0.4) is 0 Å². The largest absolute Gasteiger partial charge is 0.394 e. The number of amides is 6. The van der Waals surface area contributed by atoms with Gasteiger partial charge in [-0.15, -0.1) is 11.3 Å². The summed E-state index contributed by atoms with van der Waals surface area (Å²) in [7, 11) is 1.31. The number of aromatic nitrogens is 3. The van der Waals surface area contributed by atoms with Gasteiger partial charge in [0.05, 0.1) is 24.9 Å². The number of carbonyl (C=O) groups excluding carboxylic acids is 7. The quantitative estimate of drug-likeness (QED) is 0.120. The van der Waals surface area contributed by atoms with Gasteiger partial charge in [0.2, 0.25) is 23.6 Å². The zero-order valence-corrected chi connectivity index (χ0v) is 34.3. The average molecular weight is 838 g/mol. The molecule has 6 rings (SSSR count). The van der Waals surface area contributed by atoms with Gasteiger partial charge in [0.15, 0.2) is 5.78 Å². The minimum Gasteiger partial charge on any atom is -0.394 e. The van der Waals surface area contributed by atoms with E-state index < -0.39 is 84.5 Å². The van der Waals surface area contributed by atoms with Crippen molar-refractivity contribution in [3.63, 3.8) is 0 Å². The second-order valence-electron chi connectivity index (χ2n) is 14.9. The molecule has 0 radical (unpaired) electrons. The number of fused-ring (bicyclic) bond motifs is 4. The Hall–Kier alpha value is -6.66. The molecule has 5 aromatic rings. The molecule has 0 fully saturated rings. The lowest BCUT2D eigenvalue weighted by Gasteiger charge is -2.24. The van der Waals surface area contributed by atoms with Gasteiger partial charge in [0.1, 0.15) is 28.8 Å². The van der Waals surface area contributed by atoms with Crippen LogP contribution in [0.5, 0.6) is 0 Å². The van der Waals surface area contributed by atoms with Crippen molar-refractivity contribution in [2.24, 2.45) is 5.92 Å². The molecule has 0 saturated heterocycles. The van der Waals surface area contributed by atoms with Crippen molar-refractivity contribution in [3.8, 4) is 0 Å². The van der Waals surface area contributed by atoms with Crippen molar-refractivity contribution < 1.29 is 38.7 Å². The summed E-state index contributed by atoms with van der Waals surface area (Å²) in [6, 6.07) is 8.68. The van der Waals surface area contributed by atoms with Crippen molar-refractivity contribution in [2.75, 3.05) is 20.2 Å². The van der Waals surface area contributed by atoms with E-state index in [9.17, 15) is 38.7 Å². The maximum Gasteiger partial charge on any atom is 0.271 e. The van der Waals surface area contributed by atoms with Crippen LogP contribution in [0.4, 0.5) is 0 Å². The number of Topliss-reactive ketones (excluding diaryl/α,β-unsaturated/α-hetero) is 1. The lowest BCUT2D eigenvalue weighted by Crippen LogP contribution is -2.53. The summed E-state index contributed by atoms with van der Waals surface area (Å²) in [5.41, 5.74) is 3.67. The molecule has 5 unspecified atom stereocenters. The molecule has 5 atom stereocenters. The highest BCUT2D eigenvalue weighted by Crippen LogP contribution is 2.27. The third-order valence-corrected chi connectivity index (χ3v) is 11.4. The van der Waals surface area contributed by atoms with E-state index in [1.54, 1.807) is 12.4 Å². The van der Waals surface area contributed by atoms with E-state index in [1.165, 1.54) is 26.3 Å². The first-order valence-corrected chi connectivity index (χ1v) is 20.2. The second-order valence-corrected chi connectivity index (χ2v) is 15.8. The smallest absolute Gasteiger partial charge is 0.271 e. The number of aryl methyl sites for hydroxylation is 1. The number of hydrogen-bond donors (Lipinski definition) is 8. The number of thiazole rings is 1. The Morgan fingerprint density at radius 3 is 2.27 bits per heavy atom. The first kappa shape index (κ1) is 42.9. The predicted molar refractivity (Wildman–Crippen MR) is 223 cm³/mol. The molecule has 0 aliphatic carbocycles. The molecular weight excluding hydrogens is 791 g/mol. The zero-order chi connectivity index (χ0) is 43.2. The van der Waals surface area contributed by atoms with E-state index >= 15 is 0 Å². The number of aliphatic hydroxyl groups is 1. The third-order valence-electron chi connectivity index (χ3n) is 10.4. The van der Waals surface area contributed by atoms with Crippen molar-refractivity contribution in [3.05, 3.63) is 99.9 Å². The van der Waals surface area contributed by atoms with Crippen LogP contribution < -0.4 is 26.6 Å². The van der Waals surface area contributed by atoms with Gasteiger partial charge in [0, 0.05) is 65.4 Å². The number of para-hydroxylation sites is 1. The number of likely N-dealkylation sites (N-methyl/N-ethyl adjacent to an activating group) is 1. The topological polar surface area (TPSA) is 248 Å². The maximum absolute atomic E-state index is 14.6. The highest BCUT2D eigenvalue weighted by molar-refractivity contribution is 7.10. The van der Waals surface area contributed by atoms with Gasteiger partial charge in [-0.2, -0.15) is 0 Å². The summed E-state index contributed by atoms with van der Waals surface area (Å²) in [5, 5.41) is 26.5. The fraction of sp³-hybridized carbons (Fsp3) is 0.333. The van der Waals surface area contributed by atoms with E-state index in [4.69, 9.17) is 0 Å². The van der Waals surface area contributed by atoms with E-state index in [0.29, 0.717) is 0 Å². The van der Waals surface area contributed by atoms with Crippen LogP contribution in [0.25, 0.3) is 21.8 Å². The maximum atomic E-state index is 14.6. The standard InChI is InChI=1S/C42H47N9O8S/c1-21-9-8-12-30-36(21)27(17-44-30)13-25-15-34(53)31(14-26-16-43-29-11-7-6-10-28(26)29)49-40(58)33-20-60-41(50-33)32(19-52)48-35(54)18-51(5)42(59)24(4)47-38(56)22(2)45-37(55)23(3)46-39(25)57/h6-12,16-17,20,22-23,25,31-32,43-44,52H,4,13-15,18-19H2,1-3,5H3,(H,45,55)(H,46,57)(H,47,56)(H,48,54)(H,49,58). The Labute approximate surface area is 348 Å². The zero-order valence-electron chi connectivity index (χ0n) is 33.5. The van der Waals surface area contributed by atoms with Crippen LogP contribution >= 0.6 is 11.3 Å². The lowest BCUT2D eigenvalue weighted by molar-refractivity contribution is -0.134. The van der Waals surface area contributed by atoms with Gasteiger partial charge in [-0.25, -0.2) is 4.98 Å². The van der Waals surface area contributed by atoms with Crippen LogP contribution in [-0.4, -0.2) is 105 Å². The molecule has 0 spiro atoms. The minimum atomic E-state index is -1.19. The van der Waals surface area contributed by atoms with Crippen LogP contribution in [0.15, 0.2) is 72.5 Å². The fourth-order valence-electron chi connectivity index (χ4n) is 7.12. The number of nitrogens with one attached hydrogen (secondary N) is 7. The molecule has 60 heavy (non-hydrogen) atoms. The van der Waals surface area contributed by atoms with Crippen molar-refractivity contribution >= 4 is 74.4 Å². The third kappa shape index (κ3) is 9.78. The van der Waals surface area contributed by atoms with Crippen LogP contribution in [0.1, 0.15) is 58.5 Å². The number of H-pyrrole nitrogens is 2. The Morgan fingerprint density at radius 2 is 1.50 bits per heavy atom. The van der Waals surface area contributed by atoms with Crippen LogP contribution in [0.2, 0.25) is 0 Å². The van der Waals surface area contributed by atoms with Crippen molar-refractivity contribution in [1.82, 2.24) is 46.4 Å². The Morgan fingerprint density at radius 1 is 0.817 bits per heavy atom. The summed E-state index contributed by atoms with van der Waals surface area (Å²) in [6.45, 7) is 7.26. The summed E-state index contributed by atoms with van der Waals surface area (Å²) < 4.78 is 0. The molecule has 8 N–H and O–H groups in total. The first-order valence-electron chi connectivity index (χ1n) is 19.3. The monoisotopic (exact) mass is 837 g/mol. The van der Waals surface area contributed by atoms with E-state index in [0.717, 1.165) is 54.7 Å². The van der Waals surface area contributed by atoms with E-state index in [2.05, 4.69) is 48.1 Å². The highest BCUT2D eigenvalue weighted by atomic mass is 32.1. The van der Waals surface area contributed by atoms with E-state index in [1.807, 2.05) is 49.4 Å². The number of ketones is 1. The summed E-state index contributed by atoms with van der Waals surface area (Å²) in [5.74, 6) is -5.78. The predicted octanol–water partition coefficient (Wildman–Crippen LogP) is 1.83. The first-order chi connectivity index (χ1) is 28.6. The van der Waals surface area contributed by atoms with Gasteiger partial charge in [-0.3, -0.25) is 33.6 Å². The van der Waals surface area contributed by atoms with Crippen LogP contribution in [0, 0.1) is 12.8 Å². The number of nitrogens with zero attached hydrogens (tertiary/aromatic N) is 2. The number of hydrogen-bond acceptors (Lipinski definition) is 10. The lowest BCUT2D eigenvalue weighted by atomic mass is 9.88. The molecule has 1 aliphatic rings. The number of carbonyl (C=O) groups is 7. The average Bonchev–Trinajstić information content (AvgIpc) is 3.98. The molecule has 314 valence electrons. The molecule has 2 bridgehead atoms. The van der Waals surface area contributed by atoms with Gasteiger partial charge >= 0.3 is 0 Å². The molecule has 2 aromatic carbocycles. The SMILES string of the molecule is C=C1NC(=O)C(C)NC(=O)C(C)NC(=O)C(Cc2c[nH]c3cccc(C)c23)CC(=O)C(Cc2c[nH]c3ccccc23)NC(=O)c2csc(n2)C(CO)NC(=O)CN(C)C1=O. The molecule has 3 aromatic heterocycles. The van der Waals surface area contributed by atoms with Gasteiger partial charge in [-0.05, 0) is 56.0 Å². The summed E-state index contributed by atoms with van der Waals surface area (Å²) >= 11 is 0.997. The summed E-state index contributed by atoms with van der Waals surface area (Å²) in [6.07, 6.45) is 3.35. The van der Waals surface area contributed by atoms with Gasteiger partial charge < -0.3 is 46.6 Å². The Bertz CT molecular complexity index is 2490. The Kier molecular flexibility index (Phi) is 13.2. The number of aliphatic hydroxyl groups excluding tert-OH is 1. The Balaban J connectivity index is 1.36. The fourth-order valence-corrected chi connectivity index (χ4v) is 7.97. The molecule has 18 heteroatoms. The number of rotatable bonds is 5. The van der Waals surface area contributed by atoms with Crippen molar-refractivity contribution in [1.29, 1.82) is 0 Å². The second kappa shape index (κ2) is 18.5. The molecule has 17 nitrogen and oxygen atoms in total. The normalized spacial score (nSPS) is 22.2. The van der Waals surface area contributed by atoms with Gasteiger partial charge in [0.25, 0.3) is 11.8 Å². The summed E-state index contributed by atoms with van der Waals surface area (Å²) in [4.78, 5) is 107. The van der Waals surface area contributed by atoms with Crippen molar-refractivity contribution in [2.45, 2.75) is 64.2 Å². The van der Waals surface area contributed by atoms with Gasteiger partial charge in [-0.1, -0.05) is 36.9 Å². The molecule has 6 amide bonds. The van der Waals surface area contributed by atoms with E-state index in [-0.39, 0.29) is 35.7 Å². The van der Waals surface area contributed by atoms with Crippen LogP contribution in [-0.2, 0) is 41.6 Å². The minimum absolute atomic E-state index is 0.0544. The molecule has 0 saturated carbocycles. The number of aromatic amines is 2. The molecular formula is C42H47N9O8S. The molecule has 4 heterocycles. The number of benzene rings is 2. The highest BCUT2D eigenvalue weighted by Gasteiger charge is 2.33.